The van der Waals surface area contributed by atoms with Crippen molar-refractivity contribution < 1.29 is 29.4 Å². The fraction of sp³-hybridized carbons (Fsp3) is 0.500. The average molecular weight is 490 g/mol. The van der Waals surface area contributed by atoms with Gasteiger partial charge in [-0.2, -0.15) is 0 Å². The Bertz CT molecular complexity index is 1050. The number of aliphatic carboxylic acids is 1. The van der Waals surface area contributed by atoms with Crippen molar-refractivity contribution in [3.63, 3.8) is 0 Å². The van der Waals surface area contributed by atoms with E-state index in [2.05, 4.69) is 20.9 Å². The van der Waals surface area contributed by atoms with Gasteiger partial charge in [-0.15, -0.1) is 0 Å². The van der Waals surface area contributed by atoms with Gasteiger partial charge in [-0.05, 0) is 31.4 Å². The molecule has 0 radical (unpaired) electrons. The van der Waals surface area contributed by atoms with Crippen molar-refractivity contribution in [2.24, 2.45) is 11.7 Å². The highest BCUT2D eigenvalue weighted by molar-refractivity contribution is 5.94. The fourth-order valence-corrected chi connectivity index (χ4v) is 3.56. The molecule has 8 N–H and O–H groups in total. The first kappa shape index (κ1) is 27.8. The number of aliphatic hydroxyl groups excluding tert-OH is 1. The third-order valence-corrected chi connectivity index (χ3v) is 6.08. The summed E-state index contributed by atoms with van der Waals surface area (Å²) in [6, 6.07) is 2.94. The van der Waals surface area contributed by atoms with Crippen molar-refractivity contribution in [1.82, 2.24) is 20.9 Å². The lowest BCUT2D eigenvalue weighted by molar-refractivity contribution is -0.142. The van der Waals surface area contributed by atoms with Gasteiger partial charge >= 0.3 is 5.97 Å². The van der Waals surface area contributed by atoms with E-state index >= 15 is 0 Å². The number of carboxylic acids is 1. The molecule has 1 aromatic heterocycles. The Morgan fingerprint density at radius 1 is 1.00 bits per heavy atom. The van der Waals surface area contributed by atoms with Crippen molar-refractivity contribution in [1.29, 1.82) is 0 Å². The summed E-state index contributed by atoms with van der Waals surface area (Å²) in [7, 11) is 0. The molecule has 0 saturated carbocycles. The second kappa shape index (κ2) is 12.3. The smallest absolute Gasteiger partial charge is 0.326 e. The molecule has 6 unspecified atom stereocenters. The second-order valence-corrected chi connectivity index (χ2v) is 8.83. The Hall–Kier alpha value is -3.44. The molecule has 0 fully saturated rings. The van der Waals surface area contributed by atoms with Crippen molar-refractivity contribution in [3.05, 3.63) is 36.0 Å². The van der Waals surface area contributed by atoms with Gasteiger partial charge in [-0.1, -0.05) is 38.5 Å². The van der Waals surface area contributed by atoms with Crippen molar-refractivity contribution in [2.45, 2.75) is 70.8 Å². The summed E-state index contributed by atoms with van der Waals surface area (Å²) < 4.78 is 0. The largest absolute Gasteiger partial charge is 0.480 e. The number of amides is 3. The standard InChI is InChI=1S/C24H35N5O6/c1-5-12(2)20(29-22(32)19(25)14(4)30)23(33)27-13(3)21(31)28-18(24(34)35)10-15-11-26-17-9-7-6-8-16(15)17/h6-9,11-14,18-20,26,30H,5,10,25H2,1-4H3,(H,27,33)(H,28,31)(H,29,32)(H,34,35). The number of para-hydroxylation sites is 1. The summed E-state index contributed by atoms with van der Waals surface area (Å²) in [5.41, 5.74) is 7.25. The number of nitrogens with two attached hydrogens (primary N) is 1. The molecule has 1 aromatic carbocycles. The molecule has 11 nitrogen and oxygen atoms in total. The van der Waals surface area contributed by atoms with Crippen LogP contribution >= 0.6 is 0 Å². The predicted octanol–water partition coefficient (Wildman–Crippen LogP) is 0.0235. The molecule has 3 amide bonds. The highest BCUT2D eigenvalue weighted by atomic mass is 16.4. The van der Waals surface area contributed by atoms with Gasteiger partial charge in [0.05, 0.1) is 6.10 Å². The van der Waals surface area contributed by atoms with Crippen LogP contribution in [0.4, 0.5) is 0 Å². The number of carbonyl (C=O) groups excluding carboxylic acids is 3. The first-order valence-electron chi connectivity index (χ1n) is 11.6. The molecular weight excluding hydrogens is 454 g/mol. The molecule has 11 heteroatoms. The van der Waals surface area contributed by atoms with E-state index in [4.69, 9.17) is 5.73 Å². The van der Waals surface area contributed by atoms with E-state index in [9.17, 15) is 29.4 Å². The Kier molecular flexibility index (Phi) is 9.78. The van der Waals surface area contributed by atoms with Gasteiger partial charge in [0.1, 0.15) is 24.2 Å². The zero-order chi connectivity index (χ0) is 26.3. The molecular formula is C24H35N5O6. The molecule has 1 heterocycles. The van der Waals surface area contributed by atoms with Crippen LogP contribution in [0.2, 0.25) is 0 Å². The van der Waals surface area contributed by atoms with Crippen molar-refractivity contribution in [3.8, 4) is 0 Å². The van der Waals surface area contributed by atoms with Gasteiger partial charge in [0, 0.05) is 23.5 Å². The molecule has 2 rings (SSSR count). The Morgan fingerprint density at radius 3 is 2.26 bits per heavy atom. The van der Waals surface area contributed by atoms with E-state index in [1.807, 2.05) is 31.2 Å². The van der Waals surface area contributed by atoms with Crippen molar-refractivity contribution >= 4 is 34.6 Å². The van der Waals surface area contributed by atoms with E-state index in [0.717, 1.165) is 16.5 Å². The van der Waals surface area contributed by atoms with Gasteiger partial charge in [-0.3, -0.25) is 14.4 Å². The van der Waals surface area contributed by atoms with Gasteiger partial charge in [-0.25, -0.2) is 4.79 Å². The number of fused-ring (bicyclic) bond motifs is 1. The minimum Gasteiger partial charge on any atom is -0.480 e. The minimum absolute atomic E-state index is 0.0501. The van der Waals surface area contributed by atoms with Crippen LogP contribution in [0.5, 0.6) is 0 Å². The number of nitrogens with one attached hydrogen (secondary N) is 4. The molecule has 0 saturated heterocycles. The molecule has 2 aromatic rings. The number of hydrogen-bond acceptors (Lipinski definition) is 6. The second-order valence-electron chi connectivity index (χ2n) is 8.83. The lowest BCUT2D eigenvalue weighted by Crippen LogP contribution is -2.59. The molecule has 0 bridgehead atoms. The topological polar surface area (TPSA) is 187 Å². The molecule has 0 aliphatic carbocycles. The first-order valence-corrected chi connectivity index (χ1v) is 11.6. The van der Waals surface area contributed by atoms with Gasteiger partial charge in [0.15, 0.2) is 0 Å². The van der Waals surface area contributed by atoms with Crippen LogP contribution in [0.3, 0.4) is 0 Å². The number of aliphatic hydroxyl groups is 1. The summed E-state index contributed by atoms with van der Waals surface area (Å²) in [6.45, 7) is 6.38. The van der Waals surface area contributed by atoms with E-state index in [1.54, 1.807) is 13.1 Å². The number of benzene rings is 1. The minimum atomic E-state index is -1.21. The van der Waals surface area contributed by atoms with Crippen LogP contribution in [0.15, 0.2) is 30.5 Å². The van der Waals surface area contributed by atoms with E-state index in [-0.39, 0.29) is 12.3 Å². The number of H-pyrrole nitrogens is 1. The Balaban J connectivity index is 2.06. The maximum Gasteiger partial charge on any atom is 0.326 e. The van der Waals surface area contributed by atoms with Crippen LogP contribution in [-0.4, -0.2) is 69.2 Å². The zero-order valence-corrected chi connectivity index (χ0v) is 20.4. The third kappa shape index (κ3) is 7.27. The maximum atomic E-state index is 12.9. The van der Waals surface area contributed by atoms with E-state index < -0.39 is 54.0 Å². The van der Waals surface area contributed by atoms with Crippen LogP contribution in [0.25, 0.3) is 10.9 Å². The molecule has 6 atom stereocenters. The summed E-state index contributed by atoms with van der Waals surface area (Å²) in [6.07, 6.45) is 1.20. The molecule has 35 heavy (non-hydrogen) atoms. The molecule has 0 aliphatic heterocycles. The van der Waals surface area contributed by atoms with Gasteiger partial charge in [0.2, 0.25) is 17.7 Å². The lowest BCUT2D eigenvalue weighted by Gasteiger charge is -2.27. The SMILES string of the molecule is CCC(C)C(NC(=O)C(N)C(C)O)C(=O)NC(C)C(=O)NC(Cc1c[nH]c2ccccc12)C(=O)O. The van der Waals surface area contributed by atoms with E-state index in [0.29, 0.717) is 6.42 Å². The Labute approximate surface area is 203 Å². The summed E-state index contributed by atoms with van der Waals surface area (Å²) in [5.74, 6) is -3.48. The number of carbonyl (C=O) groups is 4. The summed E-state index contributed by atoms with van der Waals surface area (Å²) in [4.78, 5) is 52.8. The zero-order valence-electron chi connectivity index (χ0n) is 20.4. The monoisotopic (exact) mass is 489 g/mol. The summed E-state index contributed by atoms with van der Waals surface area (Å²) in [5, 5.41) is 27.6. The number of carboxylic acid groups (broad SMARTS) is 1. The number of aromatic nitrogens is 1. The Morgan fingerprint density at radius 2 is 1.66 bits per heavy atom. The number of aromatic amines is 1. The fourth-order valence-electron chi connectivity index (χ4n) is 3.56. The molecule has 0 spiro atoms. The number of rotatable bonds is 12. The first-order chi connectivity index (χ1) is 16.5. The van der Waals surface area contributed by atoms with Crippen LogP contribution in [-0.2, 0) is 25.6 Å². The lowest BCUT2D eigenvalue weighted by atomic mass is 9.97. The van der Waals surface area contributed by atoms with Crippen LogP contribution in [0, 0.1) is 5.92 Å². The normalized spacial score (nSPS) is 16.4. The summed E-state index contributed by atoms with van der Waals surface area (Å²) >= 11 is 0. The highest BCUT2D eigenvalue weighted by Crippen LogP contribution is 2.19. The van der Waals surface area contributed by atoms with Gasteiger partial charge in [0.25, 0.3) is 0 Å². The predicted molar refractivity (Wildman–Crippen MR) is 130 cm³/mol. The van der Waals surface area contributed by atoms with Crippen LogP contribution < -0.4 is 21.7 Å². The molecule has 0 aliphatic rings. The quantitative estimate of drug-likeness (QED) is 0.219. The van der Waals surface area contributed by atoms with Gasteiger partial charge < -0.3 is 36.9 Å². The van der Waals surface area contributed by atoms with E-state index in [1.165, 1.54) is 13.8 Å². The van der Waals surface area contributed by atoms with Crippen molar-refractivity contribution in [2.75, 3.05) is 0 Å². The highest BCUT2D eigenvalue weighted by Gasteiger charge is 2.32. The molecule has 192 valence electrons. The average Bonchev–Trinajstić information content (AvgIpc) is 3.23. The third-order valence-electron chi connectivity index (χ3n) is 6.08. The van der Waals surface area contributed by atoms with Crippen LogP contribution in [0.1, 0.15) is 39.7 Å². The number of hydrogen-bond donors (Lipinski definition) is 7. The maximum absolute atomic E-state index is 12.9.